The predicted octanol–water partition coefficient (Wildman–Crippen LogP) is 7.09. The van der Waals surface area contributed by atoms with Crippen LogP contribution in [0.1, 0.15) is 117 Å². The van der Waals surface area contributed by atoms with Crippen molar-refractivity contribution in [3.63, 3.8) is 0 Å². The number of carbonyl (C=O) groups excluding carboxylic acids is 1. The van der Waals surface area contributed by atoms with Crippen molar-refractivity contribution in [2.24, 2.45) is 0 Å². The van der Waals surface area contributed by atoms with Crippen molar-refractivity contribution >= 4 is 11.8 Å². The van der Waals surface area contributed by atoms with E-state index in [-0.39, 0.29) is 12.2 Å². The van der Waals surface area contributed by atoms with Gasteiger partial charge in [0.2, 0.25) is 0 Å². The molecule has 0 bridgehead atoms. The SMILES string of the molecule is CC(=O)CC(=O)O.CCCCCCCCC=CCCCCCCCC. The molecular formula is C22H42O3. The number of unbranched alkanes of at least 4 members (excludes halogenated alkanes) is 12. The van der Waals surface area contributed by atoms with Gasteiger partial charge in [-0.1, -0.05) is 90.2 Å². The number of Topliss-reactive ketones (excluding diaryl/α,β-unsaturated/α-hetero) is 1. The summed E-state index contributed by atoms with van der Waals surface area (Å²) in [5.41, 5.74) is 0. The maximum atomic E-state index is 9.87. The van der Waals surface area contributed by atoms with Gasteiger partial charge in [0.1, 0.15) is 12.2 Å². The lowest BCUT2D eigenvalue weighted by molar-refractivity contribution is -0.139. The highest BCUT2D eigenvalue weighted by Crippen LogP contribution is 2.09. The first-order chi connectivity index (χ1) is 12.0. The van der Waals surface area contributed by atoms with E-state index in [0.29, 0.717) is 0 Å². The maximum Gasteiger partial charge on any atom is 0.310 e. The van der Waals surface area contributed by atoms with E-state index in [0.717, 1.165) is 0 Å². The summed E-state index contributed by atoms with van der Waals surface area (Å²) in [6, 6.07) is 0. The van der Waals surface area contributed by atoms with Crippen molar-refractivity contribution in [3.05, 3.63) is 12.2 Å². The van der Waals surface area contributed by atoms with E-state index in [9.17, 15) is 9.59 Å². The quantitative estimate of drug-likeness (QED) is 0.183. The first kappa shape index (κ1) is 26.1. The molecule has 0 aromatic rings. The van der Waals surface area contributed by atoms with Crippen LogP contribution in [-0.4, -0.2) is 16.9 Å². The highest BCUT2D eigenvalue weighted by molar-refractivity contribution is 5.93. The van der Waals surface area contributed by atoms with Crippen LogP contribution in [0.2, 0.25) is 0 Å². The van der Waals surface area contributed by atoms with E-state index in [1.807, 2.05) is 0 Å². The van der Waals surface area contributed by atoms with Crippen LogP contribution in [0, 0.1) is 0 Å². The number of allylic oxidation sites excluding steroid dienone is 2. The highest BCUT2D eigenvalue weighted by atomic mass is 16.4. The molecule has 0 saturated carbocycles. The van der Waals surface area contributed by atoms with E-state index in [1.54, 1.807) is 0 Å². The Labute approximate surface area is 156 Å². The lowest BCUT2D eigenvalue weighted by Gasteiger charge is -1.98. The molecule has 0 aliphatic rings. The normalized spacial score (nSPS) is 10.5. The van der Waals surface area contributed by atoms with Gasteiger partial charge in [0.25, 0.3) is 0 Å². The molecule has 25 heavy (non-hydrogen) atoms. The zero-order valence-corrected chi connectivity index (χ0v) is 17.0. The summed E-state index contributed by atoms with van der Waals surface area (Å²) in [6.45, 7) is 5.81. The van der Waals surface area contributed by atoms with E-state index in [2.05, 4.69) is 26.0 Å². The number of hydrogen-bond acceptors (Lipinski definition) is 2. The number of hydrogen-bond donors (Lipinski definition) is 1. The summed E-state index contributed by atoms with van der Waals surface area (Å²) in [5, 5.41) is 7.86. The van der Waals surface area contributed by atoms with E-state index in [1.165, 1.54) is 96.8 Å². The first-order valence-corrected chi connectivity index (χ1v) is 10.4. The van der Waals surface area contributed by atoms with Gasteiger partial charge in [0, 0.05) is 0 Å². The minimum Gasteiger partial charge on any atom is -0.481 e. The van der Waals surface area contributed by atoms with Crippen LogP contribution in [0.3, 0.4) is 0 Å². The summed E-state index contributed by atoms with van der Waals surface area (Å²) < 4.78 is 0. The van der Waals surface area contributed by atoms with Crippen LogP contribution in [-0.2, 0) is 9.59 Å². The molecule has 148 valence electrons. The average Bonchev–Trinajstić information content (AvgIpc) is 2.54. The van der Waals surface area contributed by atoms with Gasteiger partial charge < -0.3 is 5.11 Å². The third-order valence-corrected chi connectivity index (χ3v) is 4.02. The van der Waals surface area contributed by atoms with Crippen molar-refractivity contribution < 1.29 is 14.7 Å². The van der Waals surface area contributed by atoms with Gasteiger partial charge in [-0.3, -0.25) is 9.59 Å². The number of ketones is 1. The molecule has 0 spiro atoms. The van der Waals surface area contributed by atoms with Crippen LogP contribution in [0.4, 0.5) is 0 Å². The molecule has 0 rings (SSSR count). The monoisotopic (exact) mass is 354 g/mol. The fourth-order valence-electron chi connectivity index (χ4n) is 2.53. The smallest absolute Gasteiger partial charge is 0.310 e. The first-order valence-electron chi connectivity index (χ1n) is 10.4. The molecule has 1 N–H and O–H groups in total. The van der Waals surface area contributed by atoms with Crippen LogP contribution < -0.4 is 0 Å². The van der Waals surface area contributed by atoms with Crippen LogP contribution in [0.5, 0.6) is 0 Å². The number of carboxylic acids is 1. The summed E-state index contributed by atoms with van der Waals surface area (Å²) in [6.07, 6.45) is 24.1. The Morgan fingerprint density at radius 1 is 0.680 bits per heavy atom. The summed E-state index contributed by atoms with van der Waals surface area (Å²) in [5.74, 6) is -1.37. The fourth-order valence-corrected chi connectivity index (χ4v) is 2.53. The van der Waals surface area contributed by atoms with Crippen LogP contribution in [0.25, 0.3) is 0 Å². The van der Waals surface area contributed by atoms with Gasteiger partial charge in [-0.15, -0.1) is 0 Å². The van der Waals surface area contributed by atoms with Gasteiger partial charge in [-0.05, 0) is 32.6 Å². The lowest BCUT2D eigenvalue weighted by atomic mass is 10.1. The van der Waals surface area contributed by atoms with E-state index < -0.39 is 5.97 Å². The second kappa shape index (κ2) is 22.9. The van der Waals surface area contributed by atoms with Crippen molar-refractivity contribution in [1.29, 1.82) is 0 Å². The Kier molecular flexibility index (Phi) is 23.9. The van der Waals surface area contributed by atoms with Crippen molar-refractivity contribution in [2.75, 3.05) is 0 Å². The molecule has 0 aliphatic carbocycles. The van der Waals surface area contributed by atoms with E-state index in [4.69, 9.17) is 5.11 Å². The van der Waals surface area contributed by atoms with Gasteiger partial charge in [0.05, 0.1) is 0 Å². The lowest BCUT2D eigenvalue weighted by Crippen LogP contribution is -2.00. The van der Waals surface area contributed by atoms with Crippen molar-refractivity contribution in [3.8, 4) is 0 Å². The molecule has 0 aliphatic heterocycles. The molecule has 3 nitrogen and oxygen atoms in total. The van der Waals surface area contributed by atoms with Gasteiger partial charge in [-0.25, -0.2) is 0 Å². The molecule has 0 aromatic carbocycles. The second-order valence-corrected chi connectivity index (χ2v) is 6.86. The molecule has 0 heterocycles. The number of carboxylic acid groups (broad SMARTS) is 1. The largest absolute Gasteiger partial charge is 0.481 e. The fraction of sp³-hybridized carbons (Fsp3) is 0.818. The van der Waals surface area contributed by atoms with Gasteiger partial charge in [-0.2, -0.15) is 0 Å². The Hall–Kier alpha value is -1.12. The zero-order chi connectivity index (χ0) is 19.2. The van der Waals surface area contributed by atoms with Gasteiger partial charge >= 0.3 is 5.97 Å². The number of aliphatic carboxylic acids is 1. The third-order valence-electron chi connectivity index (χ3n) is 4.02. The van der Waals surface area contributed by atoms with Crippen LogP contribution >= 0.6 is 0 Å². The minimum atomic E-state index is -1.06. The molecule has 0 amide bonds. The average molecular weight is 355 g/mol. The highest BCUT2D eigenvalue weighted by Gasteiger charge is 1.98. The molecule has 3 heteroatoms. The zero-order valence-electron chi connectivity index (χ0n) is 17.0. The molecule has 0 atom stereocenters. The molecule has 0 fully saturated rings. The minimum absolute atomic E-state index is 0.312. The van der Waals surface area contributed by atoms with Crippen LogP contribution in [0.15, 0.2) is 12.2 Å². The summed E-state index contributed by atoms with van der Waals surface area (Å²) >= 11 is 0. The summed E-state index contributed by atoms with van der Waals surface area (Å²) in [7, 11) is 0. The predicted molar refractivity (Wildman–Crippen MR) is 108 cm³/mol. The third kappa shape index (κ3) is 31.2. The summed E-state index contributed by atoms with van der Waals surface area (Å²) in [4.78, 5) is 19.5. The second-order valence-electron chi connectivity index (χ2n) is 6.86. The topological polar surface area (TPSA) is 54.4 Å². The molecule has 0 unspecified atom stereocenters. The van der Waals surface area contributed by atoms with Gasteiger partial charge in [0.15, 0.2) is 0 Å². The number of rotatable bonds is 16. The Balaban J connectivity index is 0. The maximum absolute atomic E-state index is 9.87. The Bertz CT molecular complexity index is 291. The molecule has 0 aromatic heterocycles. The Morgan fingerprint density at radius 2 is 1.04 bits per heavy atom. The van der Waals surface area contributed by atoms with Crippen molar-refractivity contribution in [1.82, 2.24) is 0 Å². The molecular weight excluding hydrogens is 312 g/mol. The van der Waals surface area contributed by atoms with Crippen molar-refractivity contribution in [2.45, 2.75) is 117 Å². The Morgan fingerprint density at radius 3 is 1.32 bits per heavy atom. The number of carbonyl (C=O) groups is 2. The molecule has 0 radical (unpaired) electrons. The standard InChI is InChI=1S/C18H36.C4H6O3/c1-3-5-7-9-11-13-15-17-18-16-14-12-10-8-6-4-2;1-3(5)2-4(6)7/h17-18H,3-16H2,1-2H3;2H2,1H3,(H,6,7). The molecule has 0 saturated heterocycles. The van der Waals surface area contributed by atoms with E-state index >= 15 is 0 Å².